The zero-order valence-electron chi connectivity index (χ0n) is 20.4. The summed E-state index contributed by atoms with van der Waals surface area (Å²) < 4.78 is 27.4. The number of amides is 2. The minimum atomic E-state index is -3.80. The van der Waals surface area contributed by atoms with Gasteiger partial charge in [-0.3, -0.25) is 9.69 Å². The van der Waals surface area contributed by atoms with Crippen LogP contribution in [0.3, 0.4) is 0 Å². The maximum absolute atomic E-state index is 13.4. The molecule has 4 rings (SSSR count). The molecule has 2 aliphatic rings. The van der Waals surface area contributed by atoms with Crippen LogP contribution in [0.5, 0.6) is 0 Å². The van der Waals surface area contributed by atoms with E-state index < -0.39 is 16.1 Å². The number of aliphatic hydroxyl groups is 1. The van der Waals surface area contributed by atoms with Gasteiger partial charge in [-0.1, -0.05) is 37.5 Å². The first-order chi connectivity index (χ1) is 17.2. The highest BCUT2D eigenvalue weighted by atomic mass is 32.2. The van der Waals surface area contributed by atoms with Gasteiger partial charge in [0.15, 0.2) is 0 Å². The molecule has 194 valence electrons. The molecule has 0 spiro atoms. The van der Waals surface area contributed by atoms with Crippen LogP contribution in [0.25, 0.3) is 11.1 Å². The number of hydrogen-bond donors (Lipinski definition) is 3. The molecule has 0 unspecified atom stereocenters. The molecule has 2 amide bonds. The fraction of sp³-hybridized carbons (Fsp3) is 0.462. The molecule has 1 atom stereocenters. The molecule has 0 bridgehead atoms. The first-order valence-corrected chi connectivity index (χ1v) is 13.9. The first kappa shape index (κ1) is 26.1. The number of aliphatic hydroxyl groups excluding tert-OH is 1. The lowest BCUT2D eigenvalue weighted by Gasteiger charge is -2.41. The molecule has 10 heteroatoms. The molecule has 9 nitrogen and oxygen atoms in total. The summed E-state index contributed by atoms with van der Waals surface area (Å²) in [6.45, 7) is 1.60. The predicted octanol–water partition coefficient (Wildman–Crippen LogP) is 3.81. The Hall–Kier alpha value is -2.95. The molecule has 0 saturated heterocycles. The number of nitrogens with one attached hydrogen (secondary N) is 1. The fourth-order valence-corrected chi connectivity index (χ4v) is 6.28. The number of rotatable bonds is 7. The molecular formula is C26H33N3O6S. The smallest absolute Gasteiger partial charge is 0.411 e. The Morgan fingerprint density at radius 2 is 1.75 bits per heavy atom. The summed E-state index contributed by atoms with van der Waals surface area (Å²) >= 11 is 0. The van der Waals surface area contributed by atoms with Gasteiger partial charge >= 0.3 is 6.09 Å². The number of carboxylic acid groups (broad SMARTS) is 1. The van der Waals surface area contributed by atoms with Crippen LogP contribution in [-0.4, -0.2) is 56.4 Å². The zero-order chi connectivity index (χ0) is 25.9. The maximum atomic E-state index is 13.4. The van der Waals surface area contributed by atoms with Gasteiger partial charge in [0.25, 0.3) is 0 Å². The average Bonchev–Trinajstić information content (AvgIpc) is 2.87. The highest BCUT2D eigenvalue weighted by Crippen LogP contribution is 2.40. The molecule has 1 saturated carbocycles. The van der Waals surface area contributed by atoms with E-state index in [1.165, 1.54) is 23.5 Å². The third-order valence-electron chi connectivity index (χ3n) is 6.98. The van der Waals surface area contributed by atoms with Crippen LogP contribution in [-0.2, 0) is 14.8 Å². The molecule has 0 aromatic heterocycles. The molecule has 0 radical (unpaired) electrons. The molecule has 1 fully saturated rings. The van der Waals surface area contributed by atoms with Gasteiger partial charge in [0, 0.05) is 19.5 Å². The predicted molar refractivity (Wildman–Crippen MR) is 138 cm³/mol. The normalized spacial score (nSPS) is 18.7. The van der Waals surface area contributed by atoms with Gasteiger partial charge in [-0.25, -0.2) is 17.9 Å². The van der Waals surface area contributed by atoms with E-state index in [0.717, 1.165) is 25.7 Å². The van der Waals surface area contributed by atoms with E-state index in [-0.39, 0.29) is 36.5 Å². The maximum Gasteiger partial charge on any atom is 0.411 e. The van der Waals surface area contributed by atoms with Gasteiger partial charge < -0.3 is 15.1 Å². The third-order valence-corrected chi connectivity index (χ3v) is 8.44. The minimum absolute atomic E-state index is 0.0106. The van der Waals surface area contributed by atoms with Gasteiger partial charge in [-0.15, -0.1) is 0 Å². The van der Waals surface area contributed by atoms with Crippen molar-refractivity contribution in [1.82, 2.24) is 4.72 Å². The second kappa shape index (κ2) is 11.0. The van der Waals surface area contributed by atoms with Crippen molar-refractivity contribution in [3.8, 4) is 11.1 Å². The van der Waals surface area contributed by atoms with Crippen LogP contribution < -0.4 is 14.5 Å². The number of carbonyl (C=O) groups is 2. The lowest BCUT2D eigenvalue weighted by atomic mass is 9.86. The van der Waals surface area contributed by atoms with Crippen molar-refractivity contribution in [2.24, 2.45) is 5.92 Å². The molecule has 1 aliphatic heterocycles. The quantitative estimate of drug-likeness (QED) is 0.515. The van der Waals surface area contributed by atoms with Crippen molar-refractivity contribution in [2.75, 3.05) is 29.5 Å². The molecule has 3 N–H and O–H groups in total. The molecule has 1 heterocycles. The summed E-state index contributed by atoms with van der Waals surface area (Å²) in [6.07, 6.45) is 4.95. The number of nitrogens with zero attached hydrogens (tertiary/aromatic N) is 2. The van der Waals surface area contributed by atoms with Crippen LogP contribution in [0.2, 0.25) is 0 Å². The monoisotopic (exact) mass is 515 g/mol. The van der Waals surface area contributed by atoms with E-state index >= 15 is 0 Å². The summed E-state index contributed by atoms with van der Waals surface area (Å²) in [5, 5.41) is 18.9. The minimum Gasteiger partial charge on any atom is -0.465 e. The van der Waals surface area contributed by atoms with Crippen LogP contribution in [0.1, 0.15) is 45.4 Å². The van der Waals surface area contributed by atoms with Crippen molar-refractivity contribution in [3.05, 3.63) is 42.5 Å². The lowest BCUT2D eigenvalue weighted by Crippen LogP contribution is -2.52. The van der Waals surface area contributed by atoms with E-state index in [1.54, 1.807) is 35.2 Å². The highest BCUT2D eigenvalue weighted by Gasteiger charge is 2.36. The van der Waals surface area contributed by atoms with Crippen molar-refractivity contribution < 1.29 is 28.2 Å². The number of anilines is 2. The third kappa shape index (κ3) is 5.55. The van der Waals surface area contributed by atoms with Gasteiger partial charge in [0.2, 0.25) is 15.9 Å². The SMILES string of the molecule is C[C@H]1CN(C(=O)O)c2cc(-c3cccc(S(=O)(=O)NCCO)c3)ccc2N1C(=O)CC1CCCCC1. The fourth-order valence-electron chi connectivity index (χ4n) is 5.21. The Morgan fingerprint density at radius 3 is 2.44 bits per heavy atom. The van der Waals surface area contributed by atoms with Crippen LogP contribution in [0.15, 0.2) is 47.4 Å². The number of benzene rings is 2. The molecule has 36 heavy (non-hydrogen) atoms. The summed E-state index contributed by atoms with van der Waals surface area (Å²) in [6, 6.07) is 11.2. The Kier molecular flexibility index (Phi) is 7.97. The van der Waals surface area contributed by atoms with Gasteiger partial charge in [0.05, 0.1) is 28.9 Å². The summed E-state index contributed by atoms with van der Waals surface area (Å²) in [5.74, 6) is 0.374. The Morgan fingerprint density at radius 1 is 1.03 bits per heavy atom. The second-order valence-electron chi connectivity index (χ2n) is 9.57. The largest absolute Gasteiger partial charge is 0.465 e. The topological polar surface area (TPSA) is 127 Å². The zero-order valence-corrected chi connectivity index (χ0v) is 21.2. The highest BCUT2D eigenvalue weighted by molar-refractivity contribution is 7.89. The van der Waals surface area contributed by atoms with Crippen molar-refractivity contribution in [2.45, 2.75) is 56.4 Å². The number of sulfonamides is 1. The molecule has 2 aromatic carbocycles. The lowest BCUT2D eigenvalue weighted by molar-refractivity contribution is -0.120. The molecular weight excluding hydrogens is 482 g/mol. The summed E-state index contributed by atoms with van der Waals surface area (Å²) in [5.41, 5.74) is 2.18. The first-order valence-electron chi connectivity index (χ1n) is 12.4. The Labute approximate surface area is 211 Å². The summed E-state index contributed by atoms with van der Waals surface area (Å²) in [7, 11) is -3.80. The van der Waals surface area contributed by atoms with E-state index in [0.29, 0.717) is 34.8 Å². The van der Waals surface area contributed by atoms with E-state index in [1.807, 2.05) is 6.92 Å². The van der Waals surface area contributed by atoms with Crippen molar-refractivity contribution >= 4 is 33.4 Å². The van der Waals surface area contributed by atoms with Gasteiger partial charge in [0.1, 0.15) is 0 Å². The van der Waals surface area contributed by atoms with Gasteiger partial charge in [-0.05, 0) is 61.1 Å². The standard InChI is InChI=1S/C26H33N3O6S/c1-18-17-28(26(32)33)24-16-21(20-8-5-9-22(15-20)36(34,35)27-12-13-30)10-11-23(24)29(18)25(31)14-19-6-3-2-4-7-19/h5,8-11,15-16,18-19,27,30H,2-4,6-7,12-14,17H2,1H3,(H,32,33)/t18-/m0/s1. The van der Waals surface area contributed by atoms with Crippen molar-refractivity contribution in [1.29, 1.82) is 0 Å². The van der Waals surface area contributed by atoms with Crippen LogP contribution >= 0.6 is 0 Å². The van der Waals surface area contributed by atoms with E-state index in [9.17, 15) is 23.1 Å². The Bertz CT molecular complexity index is 1230. The second-order valence-corrected chi connectivity index (χ2v) is 11.3. The molecule has 1 aliphatic carbocycles. The van der Waals surface area contributed by atoms with Gasteiger partial charge in [-0.2, -0.15) is 0 Å². The Balaban J connectivity index is 1.69. The van der Waals surface area contributed by atoms with Crippen LogP contribution in [0, 0.1) is 5.92 Å². The number of hydrogen-bond acceptors (Lipinski definition) is 5. The average molecular weight is 516 g/mol. The number of carbonyl (C=O) groups excluding carboxylic acids is 1. The number of fused-ring (bicyclic) bond motifs is 1. The molecule has 2 aromatic rings. The van der Waals surface area contributed by atoms with Crippen molar-refractivity contribution in [3.63, 3.8) is 0 Å². The van der Waals surface area contributed by atoms with E-state index in [2.05, 4.69) is 4.72 Å². The van der Waals surface area contributed by atoms with Crippen LogP contribution in [0.4, 0.5) is 16.2 Å². The van der Waals surface area contributed by atoms with E-state index in [4.69, 9.17) is 5.11 Å². The summed E-state index contributed by atoms with van der Waals surface area (Å²) in [4.78, 5) is 28.5.